The summed E-state index contributed by atoms with van der Waals surface area (Å²) in [7, 11) is 0. The average Bonchev–Trinajstić information content (AvgIpc) is 2.16. The van der Waals surface area contributed by atoms with Crippen molar-refractivity contribution in [2.24, 2.45) is 17.6 Å². The van der Waals surface area contributed by atoms with E-state index in [9.17, 15) is 0 Å². The van der Waals surface area contributed by atoms with E-state index in [1.54, 1.807) is 0 Å². The molecule has 1 saturated heterocycles. The van der Waals surface area contributed by atoms with Crippen LogP contribution in [0.4, 0.5) is 0 Å². The number of nitrogens with zero attached hydrogens (tertiary/aromatic N) is 1. The summed E-state index contributed by atoms with van der Waals surface area (Å²) in [5.74, 6) is 1.15. The molecule has 1 aliphatic rings. The normalized spacial score (nSPS) is 26.4. The van der Waals surface area contributed by atoms with Crippen LogP contribution >= 0.6 is 12.2 Å². The number of rotatable bonds is 3. The van der Waals surface area contributed by atoms with E-state index in [4.69, 9.17) is 18.0 Å². The molecule has 1 aliphatic heterocycles. The highest BCUT2D eigenvalue weighted by Gasteiger charge is 2.26. The van der Waals surface area contributed by atoms with Gasteiger partial charge in [-0.2, -0.15) is 0 Å². The van der Waals surface area contributed by atoms with Gasteiger partial charge in [-0.15, -0.1) is 0 Å². The molecular weight excluding hydrogens is 192 g/mol. The zero-order chi connectivity index (χ0) is 10.7. The topological polar surface area (TPSA) is 29.3 Å². The van der Waals surface area contributed by atoms with E-state index in [0.29, 0.717) is 22.9 Å². The molecule has 0 aromatic carbocycles. The van der Waals surface area contributed by atoms with Gasteiger partial charge in [0, 0.05) is 18.5 Å². The van der Waals surface area contributed by atoms with Crippen LogP contribution in [0.25, 0.3) is 0 Å². The molecule has 0 radical (unpaired) electrons. The van der Waals surface area contributed by atoms with Crippen molar-refractivity contribution in [2.45, 2.75) is 39.7 Å². The van der Waals surface area contributed by atoms with E-state index in [2.05, 4.69) is 25.7 Å². The Balaban J connectivity index is 2.51. The highest BCUT2D eigenvalue weighted by atomic mass is 32.1. The van der Waals surface area contributed by atoms with E-state index < -0.39 is 0 Å². The van der Waals surface area contributed by atoms with Crippen LogP contribution in [0.15, 0.2) is 0 Å². The Morgan fingerprint density at radius 1 is 1.43 bits per heavy atom. The highest BCUT2D eigenvalue weighted by molar-refractivity contribution is 7.80. The van der Waals surface area contributed by atoms with Gasteiger partial charge in [-0.05, 0) is 32.2 Å². The van der Waals surface area contributed by atoms with Crippen molar-refractivity contribution in [2.75, 3.05) is 13.1 Å². The zero-order valence-electron chi connectivity index (χ0n) is 9.49. The molecule has 0 bridgehead atoms. The van der Waals surface area contributed by atoms with Crippen LogP contribution in [0.3, 0.4) is 0 Å². The SMILES string of the molecule is CC(C)C(C)N1CCCC(C(N)=S)C1. The van der Waals surface area contributed by atoms with Gasteiger partial charge in [0.05, 0.1) is 4.99 Å². The van der Waals surface area contributed by atoms with E-state index in [1.165, 1.54) is 19.4 Å². The van der Waals surface area contributed by atoms with Crippen LogP contribution in [-0.4, -0.2) is 29.0 Å². The van der Waals surface area contributed by atoms with Gasteiger partial charge in [0.25, 0.3) is 0 Å². The summed E-state index contributed by atoms with van der Waals surface area (Å²) in [6.07, 6.45) is 2.41. The van der Waals surface area contributed by atoms with Gasteiger partial charge in [-0.3, -0.25) is 4.90 Å². The third-order valence-electron chi connectivity index (χ3n) is 3.40. The zero-order valence-corrected chi connectivity index (χ0v) is 10.3. The Hall–Kier alpha value is -0.150. The second kappa shape index (κ2) is 5.08. The summed E-state index contributed by atoms with van der Waals surface area (Å²) >= 11 is 5.07. The van der Waals surface area contributed by atoms with Crippen molar-refractivity contribution in [3.05, 3.63) is 0 Å². The first-order chi connectivity index (χ1) is 6.52. The quantitative estimate of drug-likeness (QED) is 0.729. The summed E-state index contributed by atoms with van der Waals surface area (Å²) < 4.78 is 0. The predicted octanol–water partition coefficient (Wildman–Crippen LogP) is 2.03. The number of nitrogens with two attached hydrogens (primary N) is 1. The van der Waals surface area contributed by atoms with Gasteiger partial charge in [0.1, 0.15) is 0 Å². The molecule has 14 heavy (non-hydrogen) atoms. The lowest BCUT2D eigenvalue weighted by molar-refractivity contribution is 0.125. The lowest BCUT2D eigenvalue weighted by Gasteiger charge is -2.38. The standard InChI is InChI=1S/C11H22N2S/c1-8(2)9(3)13-6-4-5-10(7-13)11(12)14/h8-10H,4-7H2,1-3H3,(H2,12,14). The van der Waals surface area contributed by atoms with Crippen LogP contribution in [0.5, 0.6) is 0 Å². The minimum Gasteiger partial charge on any atom is -0.393 e. The number of piperidine rings is 1. The van der Waals surface area contributed by atoms with Gasteiger partial charge < -0.3 is 5.73 Å². The molecular formula is C11H22N2S. The first kappa shape index (κ1) is 11.9. The Morgan fingerprint density at radius 3 is 2.57 bits per heavy atom. The molecule has 1 fully saturated rings. The minimum atomic E-state index is 0.444. The molecule has 1 heterocycles. The largest absolute Gasteiger partial charge is 0.393 e. The summed E-state index contributed by atoms with van der Waals surface area (Å²) in [6, 6.07) is 0.646. The lowest BCUT2D eigenvalue weighted by atomic mass is 9.94. The maximum atomic E-state index is 5.71. The van der Waals surface area contributed by atoms with Gasteiger partial charge in [0.15, 0.2) is 0 Å². The molecule has 0 aromatic heterocycles. The Kier molecular flexibility index (Phi) is 4.32. The molecule has 0 aliphatic carbocycles. The monoisotopic (exact) mass is 214 g/mol. The van der Waals surface area contributed by atoms with Crippen molar-refractivity contribution in [3.8, 4) is 0 Å². The van der Waals surface area contributed by atoms with Crippen molar-refractivity contribution < 1.29 is 0 Å². The van der Waals surface area contributed by atoms with Gasteiger partial charge >= 0.3 is 0 Å². The smallest absolute Gasteiger partial charge is 0.0771 e. The summed E-state index contributed by atoms with van der Waals surface area (Å²) in [5.41, 5.74) is 5.71. The summed E-state index contributed by atoms with van der Waals surface area (Å²) in [6.45, 7) is 9.11. The Bertz CT molecular complexity index is 203. The van der Waals surface area contributed by atoms with E-state index in [-0.39, 0.29) is 0 Å². The van der Waals surface area contributed by atoms with Crippen molar-refractivity contribution in [1.29, 1.82) is 0 Å². The van der Waals surface area contributed by atoms with E-state index in [1.807, 2.05) is 0 Å². The number of hydrogen-bond acceptors (Lipinski definition) is 2. The van der Waals surface area contributed by atoms with E-state index >= 15 is 0 Å². The molecule has 0 spiro atoms. The number of likely N-dealkylation sites (tertiary alicyclic amines) is 1. The third-order valence-corrected chi connectivity index (χ3v) is 3.73. The molecule has 2 unspecified atom stereocenters. The average molecular weight is 214 g/mol. The molecule has 0 aromatic rings. The fourth-order valence-electron chi connectivity index (χ4n) is 2.03. The van der Waals surface area contributed by atoms with Gasteiger partial charge in [-0.1, -0.05) is 26.1 Å². The molecule has 1 rings (SSSR count). The maximum Gasteiger partial charge on any atom is 0.0771 e. The van der Waals surface area contributed by atoms with Crippen LogP contribution in [0.1, 0.15) is 33.6 Å². The van der Waals surface area contributed by atoms with E-state index in [0.717, 1.165) is 6.54 Å². The van der Waals surface area contributed by atoms with Gasteiger partial charge in [0.2, 0.25) is 0 Å². The highest BCUT2D eigenvalue weighted by Crippen LogP contribution is 2.21. The van der Waals surface area contributed by atoms with Crippen LogP contribution in [-0.2, 0) is 0 Å². The molecule has 0 amide bonds. The van der Waals surface area contributed by atoms with Crippen LogP contribution in [0, 0.1) is 11.8 Å². The Morgan fingerprint density at radius 2 is 2.07 bits per heavy atom. The molecule has 2 atom stereocenters. The minimum absolute atomic E-state index is 0.444. The number of hydrogen-bond donors (Lipinski definition) is 1. The van der Waals surface area contributed by atoms with Crippen molar-refractivity contribution >= 4 is 17.2 Å². The number of thiocarbonyl (C=S) groups is 1. The second-order valence-electron chi connectivity index (χ2n) is 4.72. The summed E-state index contributed by atoms with van der Waals surface area (Å²) in [5, 5.41) is 0. The van der Waals surface area contributed by atoms with Crippen molar-refractivity contribution in [3.63, 3.8) is 0 Å². The van der Waals surface area contributed by atoms with Gasteiger partial charge in [-0.25, -0.2) is 0 Å². The Labute approximate surface area is 92.8 Å². The molecule has 0 saturated carbocycles. The summed E-state index contributed by atoms with van der Waals surface area (Å²) in [4.78, 5) is 3.23. The van der Waals surface area contributed by atoms with Crippen LogP contribution in [0.2, 0.25) is 0 Å². The molecule has 3 heteroatoms. The fraction of sp³-hybridized carbons (Fsp3) is 0.909. The maximum absolute atomic E-state index is 5.71. The molecule has 82 valence electrons. The fourth-order valence-corrected chi connectivity index (χ4v) is 2.22. The van der Waals surface area contributed by atoms with Crippen molar-refractivity contribution in [1.82, 2.24) is 4.90 Å². The molecule has 2 N–H and O–H groups in total. The second-order valence-corrected chi connectivity index (χ2v) is 5.19. The third kappa shape index (κ3) is 2.92. The van der Waals surface area contributed by atoms with Crippen LogP contribution < -0.4 is 5.73 Å². The first-order valence-corrected chi connectivity index (χ1v) is 5.96. The molecule has 2 nitrogen and oxygen atoms in total. The lowest BCUT2D eigenvalue weighted by Crippen LogP contribution is -2.46. The first-order valence-electron chi connectivity index (χ1n) is 5.55. The predicted molar refractivity (Wildman–Crippen MR) is 65.4 cm³/mol.